The first-order chi connectivity index (χ1) is 14.8. The molecule has 0 fully saturated rings. The van der Waals surface area contributed by atoms with Crippen molar-refractivity contribution >= 4 is 16.9 Å². The third kappa shape index (κ3) is 4.87. The molecule has 0 radical (unpaired) electrons. The average Bonchev–Trinajstić information content (AvgIpc) is 3.00. The van der Waals surface area contributed by atoms with Gasteiger partial charge in [0.25, 0.3) is 0 Å². The van der Waals surface area contributed by atoms with Gasteiger partial charge >= 0.3 is 12.3 Å². The number of benzene rings is 2. The minimum absolute atomic E-state index is 0.0782. The fourth-order valence-corrected chi connectivity index (χ4v) is 3.49. The van der Waals surface area contributed by atoms with E-state index >= 15 is 0 Å². The Morgan fingerprint density at radius 2 is 1.77 bits per heavy atom. The van der Waals surface area contributed by atoms with E-state index in [1.165, 1.54) is 22.6 Å². The van der Waals surface area contributed by atoms with Gasteiger partial charge in [-0.05, 0) is 36.2 Å². The summed E-state index contributed by atoms with van der Waals surface area (Å²) in [5.41, 5.74) is 1.96. The molecule has 7 nitrogen and oxygen atoms in total. The van der Waals surface area contributed by atoms with Crippen LogP contribution in [0.4, 0.5) is 8.78 Å². The Balaban J connectivity index is 1.79. The summed E-state index contributed by atoms with van der Waals surface area (Å²) in [6, 6.07) is 11.9. The SMILES string of the molecule is CCCn1c(=O)n(CC(=O)N(C)Cc2ccc(OC(F)F)c(OC)c2)c2ccccc21. The van der Waals surface area contributed by atoms with Crippen LogP contribution >= 0.6 is 0 Å². The highest BCUT2D eigenvalue weighted by Crippen LogP contribution is 2.29. The summed E-state index contributed by atoms with van der Waals surface area (Å²) in [6.07, 6.45) is 0.800. The lowest BCUT2D eigenvalue weighted by Crippen LogP contribution is -2.34. The Morgan fingerprint density at radius 1 is 1.10 bits per heavy atom. The van der Waals surface area contributed by atoms with Crippen molar-refractivity contribution in [2.45, 2.75) is 39.6 Å². The fraction of sp³-hybridized carbons (Fsp3) is 0.364. The zero-order valence-corrected chi connectivity index (χ0v) is 17.7. The number of ether oxygens (including phenoxy) is 2. The summed E-state index contributed by atoms with van der Waals surface area (Å²) >= 11 is 0. The van der Waals surface area contributed by atoms with Crippen molar-refractivity contribution in [2.24, 2.45) is 0 Å². The Labute approximate surface area is 178 Å². The molecule has 3 aromatic rings. The van der Waals surface area contributed by atoms with Crippen LogP contribution in [0.2, 0.25) is 0 Å². The second-order valence-electron chi connectivity index (χ2n) is 7.12. The lowest BCUT2D eigenvalue weighted by molar-refractivity contribution is -0.131. The van der Waals surface area contributed by atoms with Gasteiger partial charge in [-0.25, -0.2) is 4.79 Å². The second kappa shape index (κ2) is 9.63. The maximum atomic E-state index is 12.9. The molecular formula is C22H25F2N3O4. The molecular weight excluding hydrogens is 408 g/mol. The van der Waals surface area contributed by atoms with Crippen LogP contribution < -0.4 is 15.2 Å². The van der Waals surface area contributed by atoms with Gasteiger partial charge < -0.3 is 14.4 Å². The Morgan fingerprint density at radius 3 is 2.39 bits per heavy atom. The van der Waals surface area contributed by atoms with Crippen molar-refractivity contribution in [1.29, 1.82) is 0 Å². The molecule has 0 unspecified atom stereocenters. The molecule has 0 aliphatic carbocycles. The number of imidazole rings is 1. The second-order valence-corrected chi connectivity index (χ2v) is 7.12. The molecule has 0 atom stereocenters. The number of hydrogen-bond acceptors (Lipinski definition) is 4. The topological polar surface area (TPSA) is 65.7 Å². The third-order valence-electron chi connectivity index (χ3n) is 4.96. The van der Waals surface area contributed by atoms with Crippen LogP contribution in [0.5, 0.6) is 11.5 Å². The molecule has 2 aromatic carbocycles. The highest BCUT2D eigenvalue weighted by Gasteiger charge is 2.18. The number of fused-ring (bicyclic) bond motifs is 1. The zero-order chi connectivity index (χ0) is 22.5. The van der Waals surface area contributed by atoms with Gasteiger partial charge in [0.2, 0.25) is 5.91 Å². The maximum absolute atomic E-state index is 12.9. The number of methoxy groups -OCH3 is 1. The number of aromatic nitrogens is 2. The molecule has 1 amide bonds. The third-order valence-corrected chi connectivity index (χ3v) is 4.96. The van der Waals surface area contributed by atoms with Crippen LogP contribution in [0.15, 0.2) is 47.3 Å². The van der Waals surface area contributed by atoms with Gasteiger partial charge in [0.1, 0.15) is 6.54 Å². The number of alkyl halides is 2. The number of para-hydroxylation sites is 2. The number of rotatable bonds is 9. The highest BCUT2D eigenvalue weighted by atomic mass is 19.3. The minimum Gasteiger partial charge on any atom is -0.493 e. The van der Waals surface area contributed by atoms with E-state index in [9.17, 15) is 18.4 Å². The first-order valence-electron chi connectivity index (χ1n) is 9.89. The van der Waals surface area contributed by atoms with Gasteiger partial charge in [-0.2, -0.15) is 8.78 Å². The number of nitrogens with zero attached hydrogens (tertiary/aromatic N) is 3. The van der Waals surface area contributed by atoms with Crippen molar-refractivity contribution in [1.82, 2.24) is 14.0 Å². The molecule has 1 heterocycles. The monoisotopic (exact) mass is 433 g/mol. The van der Waals surface area contributed by atoms with Crippen LogP contribution in [0.3, 0.4) is 0 Å². The molecule has 0 aliphatic rings. The number of carbonyl (C=O) groups is 1. The van der Waals surface area contributed by atoms with Crippen molar-refractivity contribution in [2.75, 3.05) is 14.2 Å². The first kappa shape index (κ1) is 22.3. The Kier molecular flexibility index (Phi) is 6.94. The van der Waals surface area contributed by atoms with E-state index in [2.05, 4.69) is 4.74 Å². The molecule has 0 N–H and O–H groups in total. The van der Waals surface area contributed by atoms with Crippen molar-refractivity contribution in [3.63, 3.8) is 0 Å². The quantitative estimate of drug-likeness (QED) is 0.518. The van der Waals surface area contributed by atoms with Gasteiger partial charge in [0.05, 0.1) is 18.1 Å². The molecule has 0 spiro atoms. The molecule has 0 bridgehead atoms. The molecule has 166 valence electrons. The number of halogens is 2. The van der Waals surface area contributed by atoms with Gasteiger partial charge in [0, 0.05) is 20.1 Å². The Bertz CT molecular complexity index is 1120. The number of hydrogen-bond donors (Lipinski definition) is 0. The van der Waals surface area contributed by atoms with Gasteiger partial charge in [-0.1, -0.05) is 25.1 Å². The normalized spacial score (nSPS) is 11.2. The summed E-state index contributed by atoms with van der Waals surface area (Å²) in [5.74, 6) is -0.184. The number of carbonyl (C=O) groups excluding carboxylic acids is 1. The lowest BCUT2D eigenvalue weighted by atomic mass is 10.2. The maximum Gasteiger partial charge on any atom is 0.387 e. The van der Waals surface area contributed by atoms with E-state index in [0.717, 1.165) is 11.9 Å². The Hall–Kier alpha value is -3.36. The molecule has 9 heteroatoms. The predicted molar refractivity (Wildman–Crippen MR) is 113 cm³/mol. The summed E-state index contributed by atoms with van der Waals surface area (Å²) < 4.78 is 37.7. The van der Waals surface area contributed by atoms with Gasteiger partial charge in [-0.3, -0.25) is 13.9 Å². The number of likely N-dealkylation sites (N-methyl/N-ethyl adjacent to an activating group) is 1. The van der Waals surface area contributed by atoms with Crippen molar-refractivity contribution in [3.05, 3.63) is 58.5 Å². The molecule has 31 heavy (non-hydrogen) atoms. The molecule has 0 aliphatic heterocycles. The van der Waals surface area contributed by atoms with E-state index in [0.29, 0.717) is 17.6 Å². The van der Waals surface area contributed by atoms with Crippen molar-refractivity contribution in [3.8, 4) is 11.5 Å². The van der Waals surface area contributed by atoms with Crippen LogP contribution in [0.1, 0.15) is 18.9 Å². The summed E-state index contributed by atoms with van der Waals surface area (Å²) in [4.78, 5) is 27.2. The summed E-state index contributed by atoms with van der Waals surface area (Å²) in [6.45, 7) is -0.285. The lowest BCUT2D eigenvalue weighted by Gasteiger charge is -2.19. The van der Waals surface area contributed by atoms with E-state index in [1.54, 1.807) is 23.7 Å². The summed E-state index contributed by atoms with van der Waals surface area (Å²) in [7, 11) is 2.97. The van der Waals surface area contributed by atoms with E-state index < -0.39 is 6.61 Å². The average molecular weight is 433 g/mol. The number of aryl methyl sites for hydroxylation is 1. The smallest absolute Gasteiger partial charge is 0.387 e. The fourth-order valence-electron chi connectivity index (χ4n) is 3.49. The van der Waals surface area contributed by atoms with E-state index in [-0.39, 0.29) is 36.2 Å². The minimum atomic E-state index is -2.96. The van der Waals surface area contributed by atoms with Crippen LogP contribution in [0, 0.1) is 0 Å². The van der Waals surface area contributed by atoms with Crippen molar-refractivity contribution < 1.29 is 23.0 Å². The number of amides is 1. The van der Waals surface area contributed by atoms with Gasteiger partial charge in [-0.15, -0.1) is 0 Å². The molecule has 0 saturated carbocycles. The molecule has 3 rings (SSSR count). The van der Waals surface area contributed by atoms with Gasteiger partial charge in [0.15, 0.2) is 11.5 Å². The van der Waals surface area contributed by atoms with Crippen LogP contribution in [-0.4, -0.2) is 40.7 Å². The summed E-state index contributed by atoms with van der Waals surface area (Å²) in [5, 5.41) is 0. The van der Waals surface area contributed by atoms with Crippen LogP contribution in [-0.2, 0) is 24.4 Å². The zero-order valence-electron chi connectivity index (χ0n) is 17.7. The van der Waals surface area contributed by atoms with E-state index in [4.69, 9.17) is 4.74 Å². The predicted octanol–water partition coefficient (Wildman–Crippen LogP) is 3.48. The first-order valence-corrected chi connectivity index (χ1v) is 9.89. The van der Waals surface area contributed by atoms with Crippen LogP contribution in [0.25, 0.3) is 11.0 Å². The van der Waals surface area contributed by atoms with E-state index in [1.807, 2.05) is 31.2 Å². The standard InChI is InChI=1S/C22H25F2N3O4/c1-4-11-26-16-7-5-6-8-17(16)27(22(26)29)14-20(28)25(2)13-15-9-10-18(31-21(23)24)19(12-15)30-3/h5-10,12,21H,4,11,13-14H2,1-3H3. The highest BCUT2D eigenvalue weighted by molar-refractivity contribution is 5.81. The molecule has 0 saturated heterocycles. The largest absolute Gasteiger partial charge is 0.493 e. The molecule has 1 aromatic heterocycles.